The fourth-order valence-electron chi connectivity index (χ4n) is 7.83. The van der Waals surface area contributed by atoms with Crippen LogP contribution in [0.5, 0.6) is 11.6 Å². The van der Waals surface area contributed by atoms with Gasteiger partial charge in [-0.3, -0.25) is 4.79 Å². The van der Waals surface area contributed by atoms with Gasteiger partial charge >= 0.3 is 6.09 Å². The number of aromatic nitrogens is 2. The van der Waals surface area contributed by atoms with Crippen molar-refractivity contribution in [2.75, 3.05) is 26.9 Å². The van der Waals surface area contributed by atoms with Crippen molar-refractivity contribution in [3.63, 3.8) is 0 Å². The molecule has 0 unspecified atom stereocenters. The van der Waals surface area contributed by atoms with Gasteiger partial charge < -0.3 is 34.0 Å². The van der Waals surface area contributed by atoms with E-state index in [4.69, 9.17) is 28.9 Å². The molecule has 11 nitrogen and oxygen atoms in total. The van der Waals surface area contributed by atoms with Crippen LogP contribution in [0.15, 0.2) is 18.2 Å². The zero-order valence-electron chi connectivity index (χ0n) is 26.9. The van der Waals surface area contributed by atoms with Crippen LogP contribution in [0.1, 0.15) is 77.8 Å². The standard InChI is InChI=1S/C34H46N4O7/c1-5-23-27(18-39)38-17-28(23)44-30-25(35-24-14-13-22(42-4)16-26(24)36-30)12-8-6-7-10-21-11-9-15-34(21,3)45-32(41)37-29(31(38)40)33(2)19-43-20-33/h13-14,16,18,21,23,27-29H,5-12,15,17,19-20H2,1-4H3,(H,37,41)/t21-,23+,27-,28+,29-,34-/m1/s1. The van der Waals surface area contributed by atoms with Crippen LogP contribution < -0.4 is 14.8 Å². The summed E-state index contributed by atoms with van der Waals surface area (Å²) in [5.41, 5.74) is 0.965. The molecule has 4 heterocycles. The van der Waals surface area contributed by atoms with Gasteiger partial charge in [-0.25, -0.2) is 14.8 Å². The number of aldehydes is 1. The molecule has 244 valence electrons. The van der Waals surface area contributed by atoms with Crippen molar-refractivity contribution < 1.29 is 33.3 Å². The van der Waals surface area contributed by atoms with Crippen LogP contribution in [0.25, 0.3) is 11.0 Å². The summed E-state index contributed by atoms with van der Waals surface area (Å²) in [6.07, 6.45) is 7.71. The molecule has 0 radical (unpaired) electrons. The minimum absolute atomic E-state index is 0.183. The van der Waals surface area contributed by atoms with E-state index >= 15 is 0 Å². The van der Waals surface area contributed by atoms with Gasteiger partial charge in [0.05, 0.1) is 43.9 Å². The van der Waals surface area contributed by atoms with Gasteiger partial charge in [-0.05, 0) is 69.9 Å². The fraction of sp³-hybridized carbons (Fsp3) is 0.676. The molecule has 1 aromatic heterocycles. The summed E-state index contributed by atoms with van der Waals surface area (Å²) in [5.74, 6) is 0.757. The van der Waals surface area contributed by atoms with E-state index < -0.39 is 35.3 Å². The summed E-state index contributed by atoms with van der Waals surface area (Å²) in [6.45, 7) is 6.76. The largest absolute Gasteiger partial charge is 0.497 e. The molecule has 2 aromatic rings. The minimum Gasteiger partial charge on any atom is -0.497 e. The summed E-state index contributed by atoms with van der Waals surface area (Å²) in [6, 6.07) is 3.98. The Balaban J connectivity index is 1.38. The summed E-state index contributed by atoms with van der Waals surface area (Å²) >= 11 is 0. The van der Waals surface area contributed by atoms with Crippen LogP contribution in [0.3, 0.4) is 0 Å². The first-order valence-electron chi connectivity index (χ1n) is 16.5. The second kappa shape index (κ2) is 12.7. The number of carbonyl (C=O) groups is 3. The maximum absolute atomic E-state index is 14.4. The van der Waals surface area contributed by atoms with Gasteiger partial charge in [-0.1, -0.05) is 26.7 Å². The Morgan fingerprint density at radius 3 is 2.60 bits per heavy atom. The van der Waals surface area contributed by atoms with Crippen molar-refractivity contribution in [3.8, 4) is 11.6 Å². The molecule has 3 fully saturated rings. The number of hydrogen-bond acceptors (Lipinski definition) is 9. The van der Waals surface area contributed by atoms with Gasteiger partial charge in [0.15, 0.2) is 0 Å². The lowest BCUT2D eigenvalue weighted by molar-refractivity contribution is -0.158. The van der Waals surface area contributed by atoms with E-state index in [0.29, 0.717) is 43.2 Å². The zero-order chi connectivity index (χ0) is 31.8. The van der Waals surface area contributed by atoms with Gasteiger partial charge in [0, 0.05) is 17.4 Å². The number of benzene rings is 1. The zero-order valence-corrected chi connectivity index (χ0v) is 26.9. The summed E-state index contributed by atoms with van der Waals surface area (Å²) in [7, 11) is 1.61. The molecule has 3 aliphatic heterocycles. The van der Waals surface area contributed by atoms with Gasteiger partial charge in [0.25, 0.3) is 0 Å². The number of carbonyl (C=O) groups excluding carboxylic acids is 3. The highest BCUT2D eigenvalue weighted by Gasteiger charge is 2.53. The van der Waals surface area contributed by atoms with Crippen LogP contribution in [0, 0.1) is 17.3 Å². The van der Waals surface area contributed by atoms with Gasteiger partial charge in [0.1, 0.15) is 35.5 Å². The van der Waals surface area contributed by atoms with E-state index in [2.05, 4.69) is 5.32 Å². The highest BCUT2D eigenvalue weighted by atomic mass is 16.6. The fourth-order valence-corrected chi connectivity index (χ4v) is 7.83. The van der Waals surface area contributed by atoms with Crippen LogP contribution in [0.4, 0.5) is 4.79 Å². The van der Waals surface area contributed by atoms with E-state index in [1.807, 2.05) is 39.0 Å². The number of nitrogens with zero attached hydrogens (tertiary/aromatic N) is 3. The van der Waals surface area contributed by atoms with Gasteiger partial charge in [-0.15, -0.1) is 0 Å². The number of hydrogen-bond donors (Lipinski definition) is 1. The molecule has 2 amide bonds. The third kappa shape index (κ3) is 6.07. The highest BCUT2D eigenvalue weighted by molar-refractivity contribution is 5.89. The monoisotopic (exact) mass is 622 g/mol. The summed E-state index contributed by atoms with van der Waals surface area (Å²) in [5, 5.41) is 2.93. The molecule has 11 heteroatoms. The smallest absolute Gasteiger partial charge is 0.408 e. The number of methoxy groups -OCH3 is 1. The number of nitrogens with one attached hydrogen (secondary N) is 1. The third-order valence-electron chi connectivity index (χ3n) is 10.7. The molecule has 2 bridgehead atoms. The lowest BCUT2D eigenvalue weighted by Gasteiger charge is -2.45. The van der Waals surface area contributed by atoms with E-state index in [0.717, 1.165) is 62.4 Å². The van der Waals surface area contributed by atoms with E-state index in [9.17, 15) is 14.4 Å². The number of aryl methyl sites for hydroxylation is 1. The lowest BCUT2D eigenvalue weighted by atomic mass is 9.79. The van der Waals surface area contributed by atoms with Crippen molar-refractivity contribution >= 4 is 29.3 Å². The average molecular weight is 623 g/mol. The van der Waals surface area contributed by atoms with Crippen molar-refractivity contribution in [3.05, 3.63) is 23.9 Å². The van der Waals surface area contributed by atoms with Gasteiger partial charge in [0.2, 0.25) is 11.8 Å². The third-order valence-corrected chi connectivity index (χ3v) is 10.7. The molecule has 6 rings (SSSR count). The second-order valence-corrected chi connectivity index (χ2v) is 13.8. The first-order chi connectivity index (χ1) is 21.7. The van der Waals surface area contributed by atoms with Crippen LogP contribution in [-0.2, 0) is 25.5 Å². The average Bonchev–Trinajstić information content (AvgIpc) is 3.56. The molecule has 4 aliphatic rings. The molecule has 45 heavy (non-hydrogen) atoms. The molecule has 2 saturated heterocycles. The first kappa shape index (κ1) is 31.5. The van der Waals surface area contributed by atoms with Crippen molar-refractivity contribution in [2.45, 2.75) is 102 Å². The molecule has 1 N–H and O–H groups in total. The minimum atomic E-state index is -0.914. The Morgan fingerprint density at radius 2 is 1.89 bits per heavy atom. The van der Waals surface area contributed by atoms with Crippen molar-refractivity contribution in [1.82, 2.24) is 20.2 Å². The Bertz CT molecular complexity index is 1430. The number of rotatable bonds is 4. The molecular formula is C34H46N4O7. The predicted molar refractivity (Wildman–Crippen MR) is 166 cm³/mol. The molecule has 0 spiro atoms. The Hall–Kier alpha value is -3.47. The quantitative estimate of drug-likeness (QED) is 0.486. The van der Waals surface area contributed by atoms with Crippen LogP contribution in [0.2, 0.25) is 0 Å². The van der Waals surface area contributed by atoms with E-state index in [1.54, 1.807) is 12.0 Å². The number of alkyl carbamates (subject to hydrolysis) is 1. The van der Waals surface area contributed by atoms with E-state index in [1.165, 1.54) is 0 Å². The Kier molecular flexibility index (Phi) is 8.91. The predicted octanol–water partition coefficient (Wildman–Crippen LogP) is 4.63. The molecule has 1 aliphatic carbocycles. The highest BCUT2D eigenvalue weighted by Crippen LogP contribution is 2.42. The maximum atomic E-state index is 14.4. The molecule has 1 saturated carbocycles. The van der Waals surface area contributed by atoms with Gasteiger partial charge in [-0.2, -0.15) is 0 Å². The number of amides is 2. The number of fused-ring (bicyclic) bond motifs is 5. The van der Waals surface area contributed by atoms with E-state index in [-0.39, 0.29) is 24.3 Å². The normalized spacial score (nSPS) is 32.2. The first-order valence-corrected chi connectivity index (χ1v) is 16.5. The molecule has 6 atom stereocenters. The van der Waals surface area contributed by atoms with Crippen LogP contribution in [-0.4, -0.2) is 83.8 Å². The summed E-state index contributed by atoms with van der Waals surface area (Å²) in [4.78, 5) is 51.9. The Morgan fingerprint density at radius 1 is 1.09 bits per heavy atom. The Labute approximate surface area is 264 Å². The SMILES string of the molecule is CC[C@@H]1[C@@H]2CN(C(=O)[C@H](C3(C)COC3)NC(=O)O[C@]3(C)CCC[C@H]3CCCCCc3nc4ccc(OC)cc4nc3O2)[C@@H]1C=O. The maximum Gasteiger partial charge on any atom is 0.408 e. The van der Waals surface area contributed by atoms with Crippen molar-refractivity contribution in [1.29, 1.82) is 0 Å². The topological polar surface area (TPSA) is 129 Å². The molecule has 1 aromatic carbocycles. The molecular weight excluding hydrogens is 576 g/mol. The second-order valence-electron chi connectivity index (χ2n) is 13.8. The summed E-state index contributed by atoms with van der Waals surface area (Å²) < 4.78 is 23.7. The lowest BCUT2D eigenvalue weighted by Crippen LogP contribution is -2.64. The number of ether oxygens (including phenoxy) is 4. The van der Waals surface area contributed by atoms with Crippen molar-refractivity contribution in [2.24, 2.45) is 17.3 Å². The van der Waals surface area contributed by atoms with Crippen LogP contribution >= 0.6 is 0 Å².